The fourth-order valence-electron chi connectivity index (χ4n) is 3.23. The van der Waals surface area contributed by atoms with Gasteiger partial charge in [-0.2, -0.15) is 0 Å². The molecule has 0 saturated heterocycles. The van der Waals surface area contributed by atoms with Crippen LogP contribution in [0, 0.1) is 23.0 Å². The topological polar surface area (TPSA) is 70.7 Å². The quantitative estimate of drug-likeness (QED) is 0.665. The Morgan fingerprint density at radius 3 is 2.48 bits per heavy atom. The Hall–Kier alpha value is -3.16. The van der Waals surface area contributed by atoms with Gasteiger partial charge in [-0.1, -0.05) is 19.9 Å². The van der Waals surface area contributed by atoms with E-state index in [-0.39, 0.29) is 12.5 Å². The first-order valence-corrected chi connectivity index (χ1v) is 10.2. The summed E-state index contributed by atoms with van der Waals surface area (Å²) in [4.78, 5) is 27.0. The summed E-state index contributed by atoms with van der Waals surface area (Å²) >= 11 is 0. The number of ether oxygens (including phenoxy) is 1. The van der Waals surface area contributed by atoms with Gasteiger partial charge in [0.15, 0.2) is 0 Å². The molecule has 0 spiro atoms. The van der Waals surface area contributed by atoms with Crippen molar-refractivity contribution in [3.8, 4) is 5.75 Å². The number of carbonyl (C=O) groups is 2. The van der Waals surface area contributed by atoms with E-state index in [1.54, 1.807) is 23.1 Å². The van der Waals surface area contributed by atoms with Crippen molar-refractivity contribution < 1.29 is 23.1 Å². The molecule has 6 nitrogen and oxygen atoms in total. The number of nitrogens with zero attached hydrogens (tertiary/aromatic N) is 1. The van der Waals surface area contributed by atoms with Gasteiger partial charge in [-0.25, -0.2) is 13.6 Å². The minimum absolute atomic E-state index is 0.0274. The van der Waals surface area contributed by atoms with Gasteiger partial charge in [0.25, 0.3) is 0 Å². The average Bonchev–Trinajstić information content (AvgIpc) is 2.78. The molecule has 2 aromatic carbocycles. The zero-order chi connectivity index (χ0) is 22.8. The fourth-order valence-corrected chi connectivity index (χ4v) is 3.23. The summed E-state index contributed by atoms with van der Waals surface area (Å²) in [5, 5.41) is 4.72. The molecule has 31 heavy (non-hydrogen) atoms. The number of benzene rings is 2. The molecule has 0 atom stereocenters. The van der Waals surface area contributed by atoms with Crippen molar-refractivity contribution in [1.82, 2.24) is 0 Å². The van der Waals surface area contributed by atoms with Crippen molar-refractivity contribution in [3.63, 3.8) is 0 Å². The number of urea groups is 1. The SMILES string of the molecule is CC(C)CCN1C(=O)C(C)(C)COc2cc(NC(=O)Nc3c(F)cccc3F)ccc21. The van der Waals surface area contributed by atoms with Gasteiger partial charge in [0.2, 0.25) is 5.91 Å². The maximum absolute atomic E-state index is 13.8. The van der Waals surface area contributed by atoms with E-state index in [0.29, 0.717) is 29.6 Å². The molecule has 0 saturated carbocycles. The lowest BCUT2D eigenvalue weighted by Gasteiger charge is -2.28. The van der Waals surface area contributed by atoms with E-state index >= 15 is 0 Å². The Bertz CT molecular complexity index is 972. The second-order valence-corrected chi connectivity index (χ2v) is 8.67. The lowest BCUT2D eigenvalue weighted by Crippen LogP contribution is -2.42. The zero-order valence-corrected chi connectivity index (χ0v) is 18.1. The van der Waals surface area contributed by atoms with Crippen LogP contribution in [0.1, 0.15) is 34.1 Å². The summed E-state index contributed by atoms with van der Waals surface area (Å²) in [6.45, 7) is 8.59. The van der Waals surface area contributed by atoms with Crippen LogP contribution in [-0.4, -0.2) is 25.1 Å². The number of fused-ring (bicyclic) bond motifs is 1. The van der Waals surface area contributed by atoms with Gasteiger partial charge in [0.05, 0.1) is 11.1 Å². The molecule has 3 rings (SSSR count). The summed E-state index contributed by atoms with van der Waals surface area (Å²) in [5.74, 6) is -0.895. The number of nitrogens with one attached hydrogen (secondary N) is 2. The van der Waals surface area contributed by atoms with Gasteiger partial charge in [0, 0.05) is 18.3 Å². The summed E-state index contributed by atoms with van der Waals surface area (Å²) in [6, 6.07) is 7.45. The van der Waals surface area contributed by atoms with Crippen LogP contribution < -0.4 is 20.3 Å². The van der Waals surface area contributed by atoms with E-state index < -0.39 is 28.8 Å². The van der Waals surface area contributed by atoms with Crippen LogP contribution in [0.5, 0.6) is 5.75 Å². The third kappa shape index (κ3) is 5.13. The maximum Gasteiger partial charge on any atom is 0.323 e. The Kier molecular flexibility index (Phi) is 6.48. The number of rotatable bonds is 5. The fraction of sp³-hybridized carbons (Fsp3) is 0.391. The van der Waals surface area contributed by atoms with Crippen molar-refractivity contribution in [3.05, 3.63) is 48.0 Å². The monoisotopic (exact) mass is 431 g/mol. The first-order valence-electron chi connectivity index (χ1n) is 10.2. The van der Waals surface area contributed by atoms with Gasteiger partial charge in [0.1, 0.15) is 29.7 Å². The molecular formula is C23H27F2N3O3. The standard InChI is InChI=1S/C23H27F2N3O3/c1-14(2)10-11-28-18-9-8-15(12-19(18)31-13-23(3,4)21(28)29)26-22(30)27-20-16(24)6-5-7-17(20)25/h5-9,12,14H,10-11,13H2,1-4H3,(H2,26,27,30). The normalized spacial score (nSPS) is 15.2. The zero-order valence-electron chi connectivity index (χ0n) is 18.1. The number of amides is 3. The van der Waals surface area contributed by atoms with Crippen molar-refractivity contribution in [2.24, 2.45) is 11.3 Å². The Balaban J connectivity index is 1.82. The molecule has 0 radical (unpaired) electrons. The minimum Gasteiger partial charge on any atom is -0.490 e. The minimum atomic E-state index is -0.873. The average molecular weight is 431 g/mol. The third-order valence-electron chi connectivity index (χ3n) is 5.05. The van der Waals surface area contributed by atoms with E-state index in [1.165, 1.54) is 6.07 Å². The Morgan fingerprint density at radius 2 is 1.84 bits per heavy atom. The van der Waals surface area contributed by atoms with Crippen LogP contribution in [0.2, 0.25) is 0 Å². The van der Waals surface area contributed by atoms with Crippen LogP contribution in [0.3, 0.4) is 0 Å². The number of anilines is 3. The molecule has 0 fully saturated rings. The second kappa shape index (κ2) is 8.91. The molecule has 0 unspecified atom stereocenters. The maximum atomic E-state index is 13.8. The molecular weight excluding hydrogens is 404 g/mol. The van der Waals surface area contributed by atoms with Crippen molar-refractivity contribution >= 4 is 29.0 Å². The first-order chi connectivity index (χ1) is 14.6. The van der Waals surface area contributed by atoms with E-state index in [2.05, 4.69) is 24.5 Å². The molecule has 3 amide bonds. The van der Waals surface area contributed by atoms with Crippen LogP contribution in [0.15, 0.2) is 36.4 Å². The summed E-state index contributed by atoms with van der Waals surface area (Å²) in [7, 11) is 0. The summed E-state index contributed by atoms with van der Waals surface area (Å²) in [5.41, 5.74) is -0.243. The van der Waals surface area contributed by atoms with Crippen molar-refractivity contribution in [2.75, 3.05) is 28.7 Å². The smallest absolute Gasteiger partial charge is 0.323 e. The van der Waals surface area contributed by atoms with Crippen LogP contribution in [-0.2, 0) is 4.79 Å². The highest BCUT2D eigenvalue weighted by Crippen LogP contribution is 2.38. The van der Waals surface area contributed by atoms with Gasteiger partial charge in [-0.3, -0.25) is 4.79 Å². The van der Waals surface area contributed by atoms with Gasteiger partial charge in [-0.05, 0) is 50.5 Å². The molecule has 2 N–H and O–H groups in total. The molecule has 1 aliphatic rings. The number of carbonyl (C=O) groups excluding carboxylic acids is 2. The van der Waals surface area contributed by atoms with E-state index in [1.807, 2.05) is 13.8 Å². The van der Waals surface area contributed by atoms with Crippen LogP contribution >= 0.6 is 0 Å². The molecule has 166 valence electrons. The summed E-state index contributed by atoms with van der Waals surface area (Å²) in [6.07, 6.45) is 0.831. The lowest BCUT2D eigenvalue weighted by atomic mass is 9.92. The molecule has 8 heteroatoms. The van der Waals surface area contributed by atoms with Crippen LogP contribution in [0.4, 0.5) is 30.6 Å². The second-order valence-electron chi connectivity index (χ2n) is 8.67. The number of para-hydroxylation sites is 1. The summed E-state index contributed by atoms with van der Waals surface area (Å²) < 4.78 is 33.4. The Morgan fingerprint density at radius 1 is 1.16 bits per heavy atom. The third-order valence-corrected chi connectivity index (χ3v) is 5.05. The van der Waals surface area contributed by atoms with Crippen molar-refractivity contribution in [1.29, 1.82) is 0 Å². The predicted molar refractivity (Wildman–Crippen MR) is 117 cm³/mol. The predicted octanol–water partition coefficient (Wildman–Crippen LogP) is 5.41. The molecule has 0 bridgehead atoms. The molecule has 0 aromatic heterocycles. The molecule has 0 aliphatic carbocycles. The number of hydrogen-bond acceptors (Lipinski definition) is 3. The first kappa shape index (κ1) is 22.5. The highest BCUT2D eigenvalue weighted by atomic mass is 19.1. The number of hydrogen-bond donors (Lipinski definition) is 2. The van der Waals surface area contributed by atoms with E-state index in [0.717, 1.165) is 18.6 Å². The van der Waals surface area contributed by atoms with E-state index in [4.69, 9.17) is 4.74 Å². The van der Waals surface area contributed by atoms with Gasteiger partial charge in [-0.15, -0.1) is 0 Å². The molecule has 1 aliphatic heterocycles. The highest BCUT2D eigenvalue weighted by molar-refractivity contribution is 6.02. The van der Waals surface area contributed by atoms with Crippen LogP contribution in [0.25, 0.3) is 0 Å². The lowest BCUT2D eigenvalue weighted by molar-refractivity contribution is -0.127. The van der Waals surface area contributed by atoms with Crippen molar-refractivity contribution in [2.45, 2.75) is 34.1 Å². The largest absolute Gasteiger partial charge is 0.490 e. The van der Waals surface area contributed by atoms with Gasteiger partial charge < -0.3 is 20.3 Å². The van der Waals surface area contributed by atoms with Gasteiger partial charge >= 0.3 is 6.03 Å². The highest BCUT2D eigenvalue weighted by Gasteiger charge is 2.37. The Labute approximate surface area is 180 Å². The number of halogens is 2. The van der Waals surface area contributed by atoms with E-state index in [9.17, 15) is 18.4 Å². The molecule has 2 aromatic rings. The molecule has 1 heterocycles.